The summed E-state index contributed by atoms with van der Waals surface area (Å²) in [6.45, 7) is 8.69. The Morgan fingerprint density at radius 3 is 2.21 bits per heavy atom. The number of nitrogens with one attached hydrogen (secondary N) is 1. The van der Waals surface area contributed by atoms with Crippen molar-refractivity contribution in [2.45, 2.75) is 39.7 Å². The normalized spacial score (nSPS) is 11.8. The molecule has 0 bridgehead atoms. The van der Waals surface area contributed by atoms with Crippen LogP contribution in [0.4, 0.5) is 0 Å². The third-order valence-corrected chi connectivity index (χ3v) is 3.46. The van der Waals surface area contributed by atoms with E-state index in [2.05, 4.69) is 38.0 Å². The first-order valence-corrected chi connectivity index (χ1v) is 6.46. The highest BCUT2D eigenvalue weighted by atomic mass is 16.1. The maximum absolute atomic E-state index is 11.7. The van der Waals surface area contributed by atoms with Crippen LogP contribution in [0.25, 0.3) is 5.69 Å². The quantitative estimate of drug-likeness (QED) is 0.868. The number of aromatic amines is 1. The van der Waals surface area contributed by atoms with Gasteiger partial charge in [-0.05, 0) is 30.0 Å². The summed E-state index contributed by atoms with van der Waals surface area (Å²) < 4.78 is 1.79. The zero-order valence-corrected chi connectivity index (χ0v) is 11.9. The number of hydrogen-bond acceptors (Lipinski definition) is 2. The first-order valence-electron chi connectivity index (χ1n) is 6.46. The van der Waals surface area contributed by atoms with Gasteiger partial charge in [-0.15, -0.1) is 0 Å². The zero-order valence-electron chi connectivity index (χ0n) is 11.9. The van der Waals surface area contributed by atoms with Gasteiger partial charge in [-0.3, -0.25) is 14.6 Å². The largest absolute Gasteiger partial charge is 0.326 e. The lowest BCUT2D eigenvalue weighted by molar-refractivity contribution is 0.590. The predicted octanol–water partition coefficient (Wildman–Crippen LogP) is 2.23. The van der Waals surface area contributed by atoms with Crippen molar-refractivity contribution in [1.82, 2.24) is 9.78 Å². The Hall–Kier alpha value is -1.81. The number of nitrogens with two attached hydrogens (primary N) is 1. The molecule has 1 aromatic carbocycles. The molecule has 3 N–H and O–H groups in total. The average Bonchev–Trinajstić information content (AvgIpc) is 2.63. The first-order chi connectivity index (χ1) is 8.84. The van der Waals surface area contributed by atoms with E-state index in [-0.39, 0.29) is 17.5 Å². The maximum Gasteiger partial charge on any atom is 0.269 e. The van der Waals surface area contributed by atoms with Gasteiger partial charge in [0, 0.05) is 12.2 Å². The van der Waals surface area contributed by atoms with E-state index in [4.69, 9.17) is 5.73 Å². The fraction of sp³-hybridized carbons (Fsp3) is 0.400. The predicted molar refractivity (Wildman–Crippen MR) is 77.7 cm³/mol. The van der Waals surface area contributed by atoms with Crippen LogP contribution in [0.15, 0.2) is 29.1 Å². The molecule has 0 saturated carbocycles. The fourth-order valence-corrected chi connectivity index (χ4v) is 2.16. The van der Waals surface area contributed by atoms with Gasteiger partial charge >= 0.3 is 0 Å². The van der Waals surface area contributed by atoms with Crippen LogP contribution in [-0.2, 0) is 12.0 Å². The molecule has 0 spiro atoms. The molecule has 0 fully saturated rings. The Morgan fingerprint density at radius 2 is 1.79 bits per heavy atom. The highest BCUT2D eigenvalue weighted by molar-refractivity contribution is 5.38. The van der Waals surface area contributed by atoms with Gasteiger partial charge in [0.25, 0.3) is 5.56 Å². The van der Waals surface area contributed by atoms with E-state index in [0.29, 0.717) is 5.56 Å². The standard InChI is InChI=1S/C15H21N3O/c1-10-13(9-16)14(19)17-18(10)12-7-5-11(6-8-12)15(2,3)4/h5-8H,9,16H2,1-4H3,(H,17,19). The van der Waals surface area contributed by atoms with E-state index in [1.165, 1.54) is 5.56 Å². The molecule has 4 heteroatoms. The van der Waals surface area contributed by atoms with Crippen molar-refractivity contribution in [3.8, 4) is 5.69 Å². The smallest absolute Gasteiger partial charge is 0.269 e. The van der Waals surface area contributed by atoms with Gasteiger partial charge in [0.15, 0.2) is 0 Å². The van der Waals surface area contributed by atoms with Crippen molar-refractivity contribution in [3.05, 3.63) is 51.4 Å². The van der Waals surface area contributed by atoms with Gasteiger partial charge in [-0.2, -0.15) is 0 Å². The van der Waals surface area contributed by atoms with Crippen LogP contribution in [0.1, 0.15) is 37.6 Å². The number of hydrogen-bond donors (Lipinski definition) is 2. The second-order valence-electron chi connectivity index (χ2n) is 5.84. The molecule has 0 atom stereocenters. The van der Waals surface area contributed by atoms with Crippen LogP contribution in [0, 0.1) is 6.92 Å². The van der Waals surface area contributed by atoms with Crippen LogP contribution in [-0.4, -0.2) is 9.78 Å². The van der Waals surface area contributed by atoms with E-state index >= 15 is 0 Å². The number of benzene rings is 1. The lowest BCUT2D eigenvalue weighted by atomic mass is 9.87. The molecular weight excluding hydrogens is 238 g/mol. The Bertz CT molecular complexity index is 627. The summed E-state index contributed by atoms with van der Waals surface area (Å²) in [7, 11) is 0. The number of nitrogens with zero attached hydrogens (tertiary/aromatic N) is 1. The van der Waals surface area contributed by atoms with E-state index in [0.717, 1.165) is 11.4 Å². The summed E-state index contributed by atoms with van der Waals surface area (Å²) in [6.07, 6.45) is 0. The Kier molecular flexibility index (Phi) is 3.37. The molecule has 0 aliphatic heterocycles. The molecule has 0 amide bonds. The maximum atomic E-state index is 11.7. The summed E-state index contributed by atoms with van der Waals surface area (Å²) in [5, 5.41) is 2.82. The Labute approximate surface area is 113 Å². The van der Waals surface area contributed by atoms with Gasteiger partial charge in [0.2, 0.25) is 0 Å². The molecule has 19 heavy (non-hydrogen) atoms. The minimum Gasteiger partial charge on any atom is -0.326 e. The molecular formula is C15H21N3O. The fourth-order valence-electron chi connectivity index (χ4n) is 2.16. The van der Waals surface area contributed by atoms with E-state index in [1.54, 1.807) is 4.68 Å². The lowest BCUT2D eigenvalue weighted by Gasteiger charge is -2.19. The van der Waals surface area contributed by atoms with Crippen molar-refractivity contribution < 1.29 is 0 Å². The van der Waals surface area contributed by atoms with Crippen LogP contribution in [0.3, 0.4) is 0 Å². The summed E-state index contributed by atoms with van der Waals surface area (Å²) in [5.41, 5.74) is 9.33. The number of rotatable bonds is 2. The van der Waals surface area contributed by atoms with Crippen LogP contribution in [0.5, 0.6) is 0 Å². The molecule has 102 valence electrons. The monoisotopic (exact) mass is 259 g/mol. The van der Waals surface area contributed by atoms with Gasteiger partial charge in [-0.25, -0.2) is 0 Å². The minimum absolute atomic E-state index is 0.111. The van der Waals surface area contributed by atoms with Gasteiger partial charge < -0.3 is 5.73 Å². The molecule has 1 aromatic heterocycles. The molecule has 2 rings (SSSR count). The summed E-state index contributed by atoms with van der Waals surface area (Å²) in [5.74, 6) is 0. The van der Waals surface area contributed by atoms with Gasteiger partial charge in [0.1, 0.15) is 0 Å². The summed E-state index contributed by atoms with van der Waals surface area (Å²) in [4.78, 5) is 11.7. The zero-order chi connectivity index (χ0) is 14.2. The van der Waals surface area contributed by atoms with E-state index in [1.807, 2.05) is 19.1 Å². The van der Waals surface area contributed by atoms with E-state index < -0.39 is 0 Å². The third kappa shape index (κ3) is 2.49. The highest BCUT2D eigenvalue weighted by Crippen LogP contribution is 2.23. The first kappa shape index (κ1) is 13.6. The van der Waals surface area contributed by atoms with Crippen molar-refractivity contribution in [3.63, 3.8) is 0 Å². The molecule has 4 nitrogen and oxygen atoms in total. The lowest BCUT2D eigenvalue weighted by Crippen LogP contribution is -2.11. The molecule has 0 saturated heterocycles. The topological polar surface area (TPSA) is 63.8 Å². The van der Waals surface area contributed by atoms with Gasteiger partial charge in [-0.1, -0.05) is 32.9 Å². The summed E-state index contributed by atoms with van der Waals surface area (Å²) >= 11 is 0. The molecule has 0 aliphatic rings. The molecule has 0 aliphatic carbocycles. The van der Waals surface area contributed by atoms with Crippen LogP contribution in [0.2, 0.25) is 0 Å². The second kappa shape index (κ2) is 4.70. The summed E-state index contributed by atoms with van der Waals surface area (Å²) in [6, 6.07) is 8.22. The van der Waals surface area contributed by atoms with Crippen molar-refractivity contribution in [2.75, 3.05) is 0 Å². The third-order valence-electron chi connectivity index (χ3n) is 3.46. The van der Waals surface area contributed by atoms with Crippen molar-refractivity contribution >= 4 is 0 Å². The van der Waals surface area contributed by atoms with Crippen molar-refractivity contribution in [2.24, 2.45) is 5.73 Å². The number of H-pyrrole nitrogens is 1. The minimum atomic E-state index is -0.111. The second-order valence-corrected chi connectivity index (χ2v) is 5.84. The van der Waals surface area contributed by atoms with Crippen molar-refractivity contribution in [1.29, 1.82) is 0 Å². The SMILES string of the molecule is Cc1c(CN)c(=O)[nH]n1-c1ccc(C(C)(C)C)cc1. The average molecular weight is 259 g/mol. The van der Waals surface area contributed by atoms with E-state index in [9.17, 15) is 4.79 Å². The Balaban J connectivity index is 2.46. The van der Waals surface area contributed by atoms with Gasteiger partial charge in [0.05, 0.1) is 11.3 Å². The van der Waals surface area contributed by atoms with Crippen LogP contribution < -0.4 is 11.3 Å². The molecule has 0 unspecified atom stereocenters. The highest BCUT2D eigenvalue weighted by Gasteiger charge is 2.14. The van der Waals surface area contributed by atoms with Crippen LogP contribution >= 0.6 is 0 Å². The molecule has 2 aromatic rings. The Morgan fingerprint density at radius 1 is 1.21 bits per heavy atom. The molecule has 0 radical (unpaired) electrons. The number of aromatic nitrogens is 2. The molecule has 1 heterocycles.